The first kappa shape index (κ1) is 9.81. The molecule has 1 unspecified atom stereocenters. The van der Waals surface area contributed by atoms with Crippen LogP contribution in [-0.2, 0) is 4.74 Å². The molecular weight excluding hydrogens is 202 g/mol. The Morgan fingerprint density at radius 3 is 3.19 bits per heavy atom. The van der Waals surface area contributed by atoms with Crippen LogP contribution in [0.25, 0.3) is 11.0 Å². The Bertz CT molecular complexity index is 500. The first-order valence-corrected chi connectivity index (χ1v) is 5.60. The number of nitrogens with zero attached hydrogens (tertiary/aromatic N) is 1. The van der Waals surface area contributed by atoms with Gasteiger partial charge in [0.2, 0.25) is 0 Å². The predicted octanol–water partition coefficient (Wildman–Crippen LogP) is 1.53. The van der Waals surface area contributed by atoms with Gasteiger partial charge in [-0.3, -0.25) is 0 Å². The van der Waals surface area contributed by atoms with Crippen molar-refractivity contribution in [3.8, 4) is 0 Å². The van der Waals surface area contributed by atoms with Crippen LogP contribution in [0.1, 0.15) is 17.4 Å². The Balaban J connectivity index is 1.97. The quantitative estimate of drug-likeness (QED) is 0.761. The molecule has 0 radical (unpaired) electrons. The van der Waals surface area contributed by atoms with E-state index in [1.54, 1.807) is 0 Å². The molecule has 0 saturated carbocycles. The summed E-state index contributed by atoms with van der Waals surface area (Å²) >= 11 is 0. The summed E-state index contributed by atoms with van der Waals surface area (Å²) in [4.78, 5) is 7.93. The summed E-state index contributed by atoms with van der Waals surface area (Å²) in [5, 5.41) is 3.39. The molecule has 2 aromatic rings. The second-order valence-corrected chi connectivity index (χ2v) is 4.22. The fourth-order valence-electron chi connectivity index (χ4n) is 2.05. The number of aromatic amines is 1. The van der Waals surface area contributed by atoms with E-state index in [9.17, 15) is 0 Å². The van der Waals surface area contributed by atoms with Gasteiger partial charge in [0.25, 0.3) is 0 Å². The SMILES string of the molecule is Cc1ccc2nc(C3COCCN3)[nH]c2c1. The average Bonchev–Trinajstić information content (AvgIpc) is 2.73. The van der Waals surface area contributed by atoms with Gasteiger partial charge in [-0.25, -0.2) is 4.98 Å². The molecule has 3 rings (SSSR count). The number of hydrogen-bond acceptors (Lipinski definition) is 3. The summed E-state index contributed by atoms with van der Waals surface area (Å²) in [7, 11) is 0. The molecule has 16 heavy (non-hydrogen) atoms. The molecule has 0 amide bonds. The lowest BCUT2D eigenvalue weighted by Crippen LogP contribution is -2.35. The maximum atomic E-state index is 5.43. The van der Waals surface area contributed by atoms with Crippen molar-refractivity contribution in [1.82, 2.24) is 15.3 Å². The second kappa shape index (κ2) is 3.88. The van der Waals surface area contributed by atoms with Gasteiger partial charge in [-0.2, -0.15) is 0 Å². The number of rotatable bonds is 1. The number of imidazole rings is 1. The molecule has 1 aromatic heterocycles. The molecule has 1 atom stereocenters. The molecule has 0 bridgehead atoms. The number of aromatic nitrogens is 2. The zero-order valence-electron chi connectivity index (χ0n) is 9.29. The lowest BCUT2D eigenvalue weighted by molar-refractivity contribution is 0.0746. The van der Waals surface area contributed by atoms with Crippen molar-refractivity contribution >= 4 is 11.0 Å². The van der Waals surface area contributed by atoms with Gasteiger partial charge in [0, 0.05) is 6.54 Å². The van der Waals surface area contributed by atoms with Crippen molar-refractivity contribution < 1.29 is 4.74 Å². The summed E-state index contributed by atoms with van der Waals surface area (Å²) in [6.07, 6.45) is 0. The van der Waals surface area contributed by atoms with Crippen LogP contribution in [0.4, 0.5) is 0 Å². The van der Waals surface area contributed by atoms with Crippen LogP contribution < -0.4 is 5.32 Å². The second-order valence-electron chi connectivity index (χ2n) is 4.22. The van der Waals surface area contributed by atoms with Crippen LogP contribution in [0.3, 0.4) is 0 Å². The zero-order valence-corrected chi connectivity index (χ0v) is 9.29. The highest BCUT2D eigenvalue weighted by Gasteiger charge is 2.18. The van der Waals surface area contributed by atoms with Crippen LogP contribution in [-0.4, -0.2) is 29.7 Å². The molecule has 4 nitrogen and oxygen atoms in total. The molecule has 1 fully saturated rings. The van der Waals surface area contributed by atoms with Crippen LogP contribution >= 0.6 is 0 Å². The zero-order chi connectivity index (χ0) is 11.0. The third kappa shape index (κ3) is 1.70. The van der Waals surface area contributed by atoms with E-state index in [-0.39, 0.29) is 6.04 Å². The van der Waals surface area contributed by atoms with E-state index in [2.05, 4.69) is 34.3 Å². The van der Waals surface area contributed by atoms with E-state index in [1.807, 2.05) is 6.07 Å². The molecule has 0 aliphatic carbocycles. The van der Waals surface area contributed by atoms with Gasteiger partial charge in [-0.1, -0.05) is 6.07 Å². The normalized spacial score (nSPS) is 21.4. The molecule has 1 aliphatic rings. The van der Waals surface area contributed by atoms with Crippen LogP contribution in [0.5, 0.6) is 0 Å². The molecule has 1 aromatic carbocycles. The lowest BCUT2D eigenvalue weighted by Gasteiger charge is -2.21. The van der Waals surface area contributed by atoms with E-state index in [4.69, 9.17) is 4.74 Å². The summed E-state index contributed by atoms with van der Waals surface area (Å²) in [6.45, 7) is 4.46. The van der Waals surface area contributed by atoms with Gasteiger partial charge in [0.15, 0.2) is 0 Å². The number of benzene rings is 1. The first-order valence-electron chi connectivity index (χ1n) is 5.60. The van der Waals surface area contributed by atoms with Gasteiger partial charge < -0.3 is 15.0 Å². The minimum Gasteiger partial charge on any atom is -0.378 e. The van der Waals surface area contributed by atoms with Gasteiger partial charge in [0.05, 0.1) is 30.3 Å². The molecule has 0 spiro atoms. The molecular formula is C12H15N3O. The van der Waals surface area contributed by atoms with Crippen molar-refractivity contribution in [1.29, 1.82) is 0 Å². The van der Waals surface area contributed by atoms with Crippen LogP contribution in [0.2, 0.25) is 0 Å². The number of ether oxygens (including phenoxy) is 1. The van der Waals surface area contributed by atoms with E-state index in [1.165, 1.54) is 5.56 Å². The summed E-state index contributed by atoms with van der Waals surface area (Å²) in [6, 6.07) is 6.45. The minimum atomic E-state index is 0.196. The Labute approximate surface area is 94.0 Å². The molecule has 1 aliphatic heterocycles. The van der Waals surface area contributed by atoms with E-state index < -0.39 is 0 Å². The maximum absolute atomic E-state index is 5.43. The largest absolute Gasteiger partial charge is 0.378 e. The van der Waals surface area contributed by atoms with Gasteiger partial charge in [-0.05, 0) is 24.6 Å². The highest BCUT2D eigenvalue weighted by Crippen LogP contribution is 2.18. The smallest absolute Gasteiger partial charge is 0.126 e. The minimum absolute atomic E-state index is 0.196. The number of H-pyrrole nitrogens is 1. The lowest BCUT2D eigenvalue weighted by atomic mass is 10.2. The number of morpholine rings is 1. The van der Waals surface area contributed by atoms with Crippen molar-refractivity contribution in [2.24, 2.45) is 0 Å². The fourth-order valence-corrected chi connectivity index (χ4v) is 2.05. The Kier molecular flexibility index (Phi) is 2.38. The molecule has 2 heterocycles. The van der Waals surface area contributed by atoms with Crippen molar-refractivity contribution in [2.75, 3.05) is 19.8 Å². The van der Waals surface area contributed by atoms with Crippen LogP contribution in [0.15, 0.2) is 18.2 Å². The number of nitrogens with one attached hydrogen (secondary N) is 2. The molecule has 2 N–H and O–H groups in total. The Morgan fingerprint density at radius 1 is 1.44 bits per heavy atom. The third-order valence-electron chi connectivity index (χ3n) is 2.91. The summed E-state index contributed by atoms with van der Waals surface area (Å²) in [5.41, 5.74) is 3.37. The van der Waals surface area contributed by atoms with Gasteiger partial charge in [0.1, 0.15) is 5.82 Å². The van der Waals surface area contributed by atoms with E-state index in [0.717, 1.165) is 30.0 Å². The number of hydrogen-bond donors (Lipinski definition) is 2. The fraction of sp³-hybridized carbons (Fsp3) is 0.417. The monoisotopic (exact) mass is 217 g/mol. The summed E-state index contributed by atoms with van der Waals surface area (Å²) < 4.78 is 5.43. The first-order chi connectivity index (χ1) is 7.83. The van der Waals surface area contributed by atoms with Crippen molar-refractivity contribution in [3.63, 3.8) is 0 Å². The predicted molar refractivity (Wildman–Crippen MR) is 62.4 cm³/mol. The van der Waals surface area contributed by atoms with E-state index >= 15 is 0 Å². The molecule has 4 heteroatoms. The van der Waals surface area contributed by atoms with E-state index in [0.29, 0.717) is 6.61 Å². The van der Waals surface area contributed by atoms with Crippen molar-refractivity contribution in [3.05, 3.63) is 29.6 Å². The number of aryl methyl sites for hydroxylation is 1. The summed E-state index contributed by atoms with van der Waals surface area (Å²) in [5.74, 6) is 0.973. The highest BCUT2D eigenvalue weighted by atomic mass is 16.5. The Morgan fingerprint density at radius 2 is 2.38 bits per heavy atom. The van der Waals surface area contributed by atoms with Gasteiger partial charge in [-0.15, -0.1) is 0 Å². The Hall–Kier alpha value is -1.39. The topological polar surface area (TPSA) is 49.9 Å². The van der Waals surface area contributed by atoms with Gasteiger partial charge >= 0.3 is 0 Å². The maximum Gasteiger partial charge on any atom is 0.126 e. The van der Waals surface area contributed by atoms with Crippen LogP contribution in [0, 0.1) is 6.92 Å². The highest BCUT2D eigenvalue weighted by molar-refractivity contribution is 5.75. The van der Waals surface area contributed by atoms with Crippen molar-refractivity contribution in [2.45, 2.75) is 13.0 Å². The number of fused-ring (bicyclic) bond motifs is 1. The molecule has 1 saturated heterocycles. The molecule has 84 valence electrons. The average molecular weight is 217 g/mol. The standard InChI is InChI=1S/C12H15N3O/c1-8-2-3-9-10(6-8)15-12(14-9)11-7-16-5-4-13-11/h2-3,6,11,13H,4-5,7H2,1H3,(H,14,15). The third-order valence-corrected chi connectivity index (χ3v) is 2.91.